The highest BCUT2D eigenvalue weighted by atomic mass is 16.5. The summed E-state index contributed by atoms with van der Waals surface area (Å²) in [7, 11) is 7.80. The van der Waals surface area contributed by atoms with Gasteiger partial charge in [0.25, 0.3) is 0 Å². The van der Waals surface area contributed by atoms with Gasteiger partial charge in [0.15, 0.2) is 11.5 Å². The zero-order valence-corrected chi connectivity index (χ0v) is 18.0. The smallest absolute Gasteiger partial charge is 0.324 e. The molecular weight excluding hydrogens is 404 g/mol. The van der Waals surface area contributed by atoms with Gasteiger partial charge in [0.05, 0.1) is 28.4 Å². The summed E-state index contributed by atoms with van der Waals surface area (Å²) in [6.45, 7) is -0.0130. The van der Waals surface area contributed by atoms with Crippen LogP contribution >= 0.6 is 0 Å². The van der Waals surface area contributed by atoms with Gasteiger partial charge in [-0.2, -0.15) is 4.98 Å². The molecular formula is C21H24N4O6. The fourth-order valence-corrected chi connectivity index (χ4v) is 2.86. The quantitative estimate of drug-likeness (QED) is 0.550. The fourth-order valence-electron chi connectivity index (χ4n) is 2.86. The standard InChI is InChI=1S/C21H24N4O6/c1-25(21-23-20(24-31-21)13-6-8-15(27-2)9-7-13)12-18(26)22-14-10-16(28-3)19(30-5)17(11-14)29-4/h6-11H,12H2,1-5H3,(H,22,26). The van der Waals surface area contributed by atoms with Crippen molar-refractivity contribution in [3.8, 4) is 34.4 Å². The van der Waals surface area contributed by atoms with Crippen LogP contribution in [0.5, 0.6) is 23.0 Å². The van der Waals surface area contributed by atoms with Gasteiger partial charge in [-0.15, -0.1) is 0 Å². The zero-order valence-electron chi connectivity index (χ0n) is 18.0. The largest absolute Gasteiger partial charge is 0.497 e. The predicted molar refractivity (Wildman–Crippen MR) is 114 cm³/mol. The second-order valence-corrected chi connectivity index (χ2v) is 6.45. The lowest BCUT2D eigenvalue weighted by atomic mass is 10.2. The molecule has 2 aromatic carbocycles. The number of likely N-dealkylation sites (N-methyl/N-ethyl adjacent to an activating group) is 1. The molecule has 0 aliphatic heterocycles. The molecule has 0 atom stereocenters. The number of anilines is 2. The SMILES string of the molecule is COc1ccc(-c2noc(N(C)CC(=O)Nc3cc(OC)c(OC)c(OC)c3)n2)cc1. The van der Waals surface area contributed by atoms with Crippen LogP contribution in [0.4, 0.5) is 11.7 Å². The number of nitrogens with one attached hydrogen (secondary N) is 1. The van der Waals surface area contributed by atoms with E-state index in [1.807, 2.05) is 12.1 Å². The summed E-state index contributed by atoms with van der Waals surface area (Å²) in [4.78, 5) is 18.4. The van der Waals surface area contributed by atoms with Crippen molar-refractivity contribution in [2.75, 3.05) is 52.2 Å². The van der Waals surface area contributed by atoms with Crippen molar-refractivity contribution in [1.82, 2.24) is 10.1 Å². The van der Waals surface area contributed by atoms with Gasteiger partial charge in [-0.3, -0.25) is 4.79 Å². The lowest BCUT2D eigenvalue weighted by Gasteiger charge is -2.16. The number of aromatic nitrogens is 2. The molecule has 0 saturated carbocycles. The van der Waals surface area contributed by atoms with E-state index in [0.717, 1.165) is 11.3 Å². The molecule has 0 saturated heterocycles. The molecule has 0 aliphatic carbocycles. The molecule has 3 aromatic rings. The number of carbonyl (C=O) groups excluding carboxylic acids is 1. The molecule has 3 rings (SSSR count). The van der Waals surface area contributed by atoms with E-state index in [2.05, 4.69) is 15.5 Å². The van der Waals surface area contributed by atoms with Crippen molar-refractivity contribution in [3.63, 3.8) is 0 Å². The fraction of sp³-hybridized carbons (Fsp3) is 0.286. The van der Waals surface area contributed by atoms with Crippen molar-refractivity contribution in [1.29, 1.82) is 0 Å². The van der Waals surface area contributed by atoms with E-state index in [9.17, 15) is 4.79 Å². The number of methoxy groups -OCH3 is 4. The van der Waals surface area contributed by atoms with Gasteiger partial charge in [0.1, 0.15) is 12.3 Å². The molecule has 1 amide bonds. The maximum Gasteiger partial charge on any atom is 0.324 e. The Bertz CT molecular complexity index is 1010. The third kappa shape index (κ3) is 4.97. The first-order valence-corrected chi connectivity index (χ1v) is 9.28. The number of amides is 1. The Kier molecular flexibility index (Phi) is 6.81. The van der Waals surface area contributed by atoms with E-state index in [-0.39, 0.29) is 18.5 Å². The summed E-state index contributed by atoms with van der Waals surface area (Å²) >= 11 is 0. The van der Waals surface area contributed by atoms with E-state index >= 15 is 0 Å². The molecule has 1 N–H and O–H groups in total. The van der Waals surface area contributed by atoms with Crippen LogP contribution in [0, 0.1) is 0 Å². The van der Waals surface area contributed by atoms with E-state index < -0.39 is 0 Å². The Morgan fingerprint density at radius 1 is 1.00 bits per heavy atom. The highest BCUT2D eigenvalue weighted by molar-refractivity contribution is 5.94. The summed E-state index contributed by atoms with van der Waals surface area (Å²) in [6, 6.07) is 10.8. The van der Waals surface area contributed by atoms with Gasteiger partial charge >= 0.3 is 6.01 Å². The molecule has 0 aliphatic rings. The second-order valence-electron chi connectivity index (χ2n) is 6.45. The van der Waals surface area contributed by atoms with Crippen LogP contribution in [0.1, 0.15) is 0 Å². The molecule has 0 spiro atoms. The molecule has 10 heteroatoms. The van der Waals surface area contributed by atoms with Crippen molar-refractivity contribution in [2.45, 2.75) is 0 Å². The highest BCUT2D eigenvalue weighted by Gasteiger charge is 2.18. The van der Waals surface area contributed by atoms with Crippen molar-refractivity contribution in [2.24, 2.45) is 0 Å². The van der Waals surface area contributed by atoms with Crippen LogP contribution in [-0.4, -0.2) is 58.1 Å². The van der Waals surface area contributed by atoms with Crippen LogP contribution in [-0.2, 0) is 4.79 Å². The molecule has 10 nitrogen and oxygen atoms in total. The van der Waals surface area contributed by atoms with Crippen LogP contribution in [0.3, 0.4) is 0 Å². The molecule has 0 unspecified atom stereocenters. The van der Waals surface area contributed by atoms with E-state index in [0.29, 0.717) is 28.8 Å². The zero-order chi connectivity index (χ0) is 22.4. The van der Waals surface area contributed by atoms with Crippen molar-refractivity contribution in [3.05, 3.63) is 36.4 Å². The average molecular weight is 428 g/mol. The molecule has 31 heavy (non-hydrogen) atoms. The Hall–Kier alpha value is -3.95. The van der Waals surface area contributed by atoms with Gasteiger partial charge < -0.3 is 33.7 Å². The number of hydrogen-bond donors (Lipinski definition) is 1. The summed E-state index contributed by atoms with van der Waals surface area (Å²) in [6.07, 6.45) is 0. The topological polar surface area (TPSA) is 108 Å². The number of nitrogens with zero attached hydrogens (tertiary/aromatic N) is 3. The normalized spacial score (nSPS) is 10.4. The molecule has 0 fully saturated rings. The minimum atomic E-state index is -0.291. The van der Waals surface area contributed by atoms with Crippen LogP contribution in [0.15, 0.2) is 40.9 Å². The lowest BCUT2D eigenvalue weighted by Crippen LogP contribution is -2.30. The maximum atomic E-state index is 12.5. The predicted octanol–water partition coefficient (Wildman–Crippen LogP) is 2.85. The maximum absolute atomic E-state index is 12.5. The third-order valence-corrected chi connectivity index (χ3v) is 4.42. The summed E-state index contributed by atoms with van der Waals surface area (Å²) in [5.74, 6) is 2.17. The van der Waals surface area contributed by atoms with Gasteiger partial charge in [0, 0.05) is 30.4 Å². The van der Waals surface area contributed by atoms with Crippen molar-refractivity contribution < 1.29 is 28.3 Å². The van der Waals surface area contributed by atoms with Crippen LogP contribution in [0.2, 0.25) is 0 Å². The summed E-state index contributed by atoms with van der Waals surface area (Å²) in [5, 5.41) is 6.77. The second kappa shape index (κ2) is 9.70. The summed E-state index contributed by atoms with van der Waals surface area (Å²) < 4.78 is 26.3. The minimum Gasteiger partial charge on any atom is -0.497 e. The first-order chi connectivity index (χ1) is 15.0. The Balaban J connectivity index is 1.68. The number of ether oxygens (including phenoxy) is 4. The van der Waals surface area contributed by atoms with Gasteiger partial charge in [-0.05, 0) is 24.3 Å². The molecule has 1 heterocycles. The molecule has 0 bridgehead atoms. The summed E-state index contributed by atoms with van der Waals surface area (Å²) in [5.41, 5.74) is 1.27. The highest BCUT2D eigenvalue weighted by Crippen LogP contribution is 2.39. The minimum absolute atomic E-state index is 0.0130. The number of benzene rings is 2. The lowest BCUT2D eigenvalue weighted by molar-refractivity contribution is -0.115. The van der Waals surface area contributed by atoms with E-state index in [1.165, 1.54) is 21.3 Å². The molecule has 164 valence electrons. The number of carbonyl (C=O) groups is 1. The monoisotopic (exact) mass is 428 g/mol. The van der Waals surface area contributed by atoms with Crippen LogP contribution < -0.4 is 29.2 Å². The third-order valence-electron chi connectivity index (χ3n) is 4.42. The average Bonchev–Trinajstić information content (AvgIpc) is 3.28. The van der Waals surface area contributed by atoms with Crippen molar-refractivity contribution >= 4 is 17.6 Å². The number of hydrogen-bond acceptors (Lipinski definition) is 9. The first-order valence-electron chi connectivity index (χ1n) is 9.28. The number of rotatable bonds is 9. The molecule has 1 aromatic heterocycles. The van der Waals surface area contributed by atoms with Gasteiger partial charge in [-0.1, -0.05) is 5.16 Å². The van der Waals surface area contributed by atoms with Gasteiger partial charge in [-0.25, -0.2) is 0 Å². The van der Waals surface area contributed by atoms with Gasteiger partial charge in [0.2, 0.25) is 17.5 Å². The first kappa shape index (κ1) is 21.8. The molecule has 0 radical (unpaired) electrons. The Labute approximate surface area is 179 Å². The van der Waals surface area contributed by atoms with Crippen LogP contribution in [0.25, 0.3) is 11.4 Å². The van der Waals surface area contributed by atoms with E-state index in [4.69, 9.17) is 23.5 Å². The Morgan fingerprint density at radius 3 is 2.19 bits per heavy atom. The van der Waals surface area contributed by atoms with E-state index in [1.54, 1.807) is 43.3 Å². The Morgan fingerprint density at radius 2 is 1.65 bits per heavy atom.